The van der Waals surface area contributed by atoms with E-state index in [4.69, 9.17) is 4.74 Å². The Morgan fingerprint density at radius 2 is 1.82 bits per heavy atom. The van der Waals surface area contributed by atoms with Crippen molar-refractivity contribution in [1.82, 2.24) is 10.6 Å². The van der Waals surface area contributed by atoms with E-state index in [2.05, 4.69) is 10.6 Å². The SMILES string of the molecule is COCCNCCNC(=O)C(C1CC1)C1CC1. The van der Waals surface area contributed by atoms with Crippen molar-refractivity contribution in [3.8, 4) is 0 Å². The number of methoxy groups -OCH3 is 1. The van der Waals surface area contributed by atoms with E-state index in [9.17, 15) is 4.79 Å². The van der Waals surface area contributed by atoms with E-state index in [1.165, 1.54) is 25.7 Å². The molecule has 0 spiro atoms. The van der Waals surface area contributed by atoms with Crippen LogP contribution in [0.5, 0.6) is 0 Å². The highest BCUT2D eigenvalue weighted by Crippen LogP contribution is 2.49. The van der Waals surface area contributed by atoms with Gasteiger partial charge in [0, 0.05) is 32.7 Å². The Hall–Kier alpha value is -0.610. The number of carbonyl (C=O) groups is 1. The molecule has 0 saturated heterocycles. The molecule has 1 amide bonds. The van der Waals surface area contributed by atoms with E-state index in [1.54, 1.807) is 7.11 Å². The first-order valence-electron chi connectivity index (χ1n) is 6.80. The maximum atomic E-state index is 12.0. The van der Waals surface area contributed by atoms with Gasteiger partial charge in [0.2, 0.25) is 5.91 Å². The monoisotopic (exact) mass is 240 g/mol. The molecule has 2 saturated carbocycles. The Balaban J connectivity index is 1.56. The van der Waals surface area contributed by atoms with Crippen LogP contribution in [0.2, 0.25) is 0 Å². The predicted molar refractivity (Wildman–Crippen MR) is 66.7 cm³/mol. The lowest BCUT2D eigenvalue weighted by molar-refractivity contribution is -0.126. The molecule has 0 aromatic rings. The summed E-state index contributed by atoms with van der Waals surface area (Å²) in [5.74, 6) is 2.02. The summed E-state index contributed by atoms with van der Waals surface area (Å²) in [6.45, 7) is 3.14. The molecule has 0 radical (unpaired) electrons. The van der Waals surface area contributed by atoms with Gasteiger partial charge in [-0.2, -0.15) is 0 Å². The number of amides is 1. The van der Waals surface area contributed by atoms with Gasteiger partial charge in [-0.15, -0.1) is 0 Å². The minimum atomic E-state index is 0.295. The van der Waals surface area contributed by atoms with Gasteiger partial charge in [-0.3, -0.25) is 4.79 Å². The van der Waals surface area contributed by atoms with Gasteiger partial charge < -0.3 is 15.4 Å². The van der Waals surface area contributed by atoms with Crippen LogP contribution in [0.3, 0.4) is 0 Å². The third-order valence-corrected chi connectivity index (χ3v) is 3.65. The van der Waals surface area contributed by atoms with Crippen LogP contribution in [0.4, 0.5) is 0 Å². The predicted octanol–water partition coefficient (Wildman–Crippen LogP) is 0.775. The molecule has 4 nitrogen and oxygen atoms in total. The quantitative estimate of drug-likeness (QED) is 0.585. The molecule has 0 unspecified atom stereocenters. The summed E-state index contributed by atoms with van der Waals surface area (Å²) in [5.41, 5.74) is 0. The highest BCUT2D eigenvalue weighted by Gasteiger charge is 2.45. The summed E-state index contributed by atoms with van der Waals surface area (Å²) in [7, 11) is 1.69. The average molecular weight is 240 g/mol. The lowest BCUT2D eigenvalue weighted by Crippen LogP contribution is -2.38. The molecule has 2 N–H and O–H groups in total. The van der Waals surface area contributed by atoms with Crippen molar-refractivity contribution in [1.29, 1.82) is 0 Å². The van der Waals surface area contributed by atoms with Crippen LogP contribution in [0.25, 0.3) is 0 Å². The maximum Gasteiger partial charge on any atom is 0.223 e. The van der Waals surface area contributed by atoms with Gasteiger partial charge in [0.1, 0.15) is 0 Å². The second-order valence-electron chi connectivity index (χ2n) is 5.23. The van der Waals surface area contributed by atoms with Gasteiger partial charge in [-0.25, -0.2) is 0 Å². The molecule has 0 bridgehead atoms. The zero-order valence-corrected chi connectivity index (χ0v) is 10.7. The second-order valence-corrected chi connectivity index (χ2v) is 5.23. The molecule has 2 aliphatic rings. The zero-order valence-electron chi connectivity index (χ0n) is 10.7. The molecular formula is C13H24N2O2. The topological polar surface area (TPSA) is 50.4 Å². The molecule has 0 aliphatic heterocycles. The second kappa shape index (κ2) is 6.36. The third-order valence-electron chi connectivity index (χ3n) is 3.65. The van der Waals surface area contributed by atoms with Crippen LogP contribution in [0.1, 0.15) is 25.7 Å². The Morgan fingerprint density at radius 1 is 1.18 bits per heavy atom. The van der Waals surface area contributed by atoms with Crippen molar-refractivity contribution in [2.24, 2.45) is 17.8 Å². The summed E-state index contributed by atoms with van der Waals surface area (Å²) < 4.78 is 4.94. The van der Waals surface area contributed by atoms with Gasteiger partial charge >= 0.3 is 0 Å². The van der Waals surface area contributed by atoms with Crippen molar-refractivity contribution in [3.05, 3.63) is 0 Å². The van der Waals surface area contributed by atoms with E-state index in [-0.39, 0.29) is 0 Å². The van der Waals surface area contributed by atoms with Crippen LogP contribution in [0, 0.1) is 17.8 Å². The maximum absolute atomic E-state index is 12.0. The van der Waals surface area contributed by atoms with E-state index in [0.717, 1.165) is 26.2 Å². The third kappa shape index (κ3) is 4.28. The molecule has 98 valence electrons. The van der Waals surface area contributed by atoms with Gasteiger partial charge in [0.25, 0.3) is 0 Å². The van der Waals surface area contributed by atoms with Crippen molar-refractivity contribution in [3.63, 3.8) is 0 Å². The van der Waals surface area contributed by atoms with Gasteiger partial charge in [-0.05, 0) is 37.5 Å². The fraction of sp³-hybridized carbons (Fsp3) is 0.923. The summed E-state index contributed by atoms with van der Waals surface area (Å²) in [5, 5.41) is 6.29. The van der Waals surface area contributed by atoms with Crippen LogP contribution in [0.15, 0.2) is 0 Å². The zero-order chi connectivity index (χ0) is 12.1. The number of hydrogen-bond acceptors (Lipinski definition) is 3. The number of rotatable bonds is 9. The number of nitrogens with one attached hydrogen (secondary N) is 2. The highest BCUT2D eigenvalue weighted by atomic mass is 16.5. The molecule has 0 aromatic carbocycles. The Kier molecular flexibility index (Phi) is 4.80. The minimum absolute atomic E-state index is 0.295. The van der Waals surface area contributed by atoms with Crippen LogP contribution in [-0.2, 0) is 9.53 Å². The van der Waals surface area contributed by atoms with E-state index < -0.39 is 0 Å². The van der Waals surface area contributed by atoms with E-state index in [0.29, 0.717) is 23.7 Å². The van der Waals surface area contributed by atoms with Crippen molar-refractivity contribution < 1.29 is 9.53 Å². The Morgan fingerprint density at radius 3 is 2.35 bits per heavy atom. The van der Waals surface area contributed by atoms with Gasteiger partial charge in [-0.1, -0.05) is 0 Å². The standard InChI is InChI=1S/C13H24N2O2/c1-17-9-8-14-6-7-15-13(16)12(10-2-3-10)11-4-5-11/h10-12,14H,2-9H2,1H3,(H,15,16). The molecule has 4 heteroatoms. The molecule has 0 aromatic heterocycles. The molecule has 2 rings (SSSR count). The molecule has 17 heavy (non-hydrogen) atoms. The highest BCUT2D eigenvalue weighted by molar-refractivity contribution is 5.80. The van der Waals surface area contributed by atoms with Gasteiger partial charge in [0.05, 0.1) is 6.61 Å². The number of carbonyl (C=O) groups excluding carboxylic acids is 1. The first-order valence-corrected chi connectivity index (χ1v) is 6.80. The minimum Gasteiger partial charge on any atom is -0.383 e. The summed E-state index contributed by atoms with van der Waals surface area (Å²) >= 11 is 0. The van der Waals surface area contributed by atoms with Crippen LogP contribution >= 0.6 is 0 Å². The molecule has 0 heterocycles. The summed E-state index contributed by atoms with van der Waals surface area (Å²) in [4.78, 5) is 12.0. The summed E-state index contributed by atoms with van der Waals surface area (Å²) in [6, 6.07) is 0. The largest absolute Gasteiger partial charge is 0.383 e. The lowest BCUT2D eigenvalue weighted by atomic mass is 9.97. The first kappa shape index (κ1) is 12.8. The summed E-state index contributed by atoms with van der Waals surface area (Å²) in [6.07, 6.45) is 5.06. The van der Waals surface area contributed by atoms with Crippen LogP contribution < -0.4 is 10.6 Å². The molecule has 2 fully saturated rings. The van der Waals surface area contributed by atoms with Crippen molar-refractivity contribution in [2.75, 3.05) is 33.4 Å². The number of ether oxygens (including phenoxy) is 1. The fourth-order valence-corrected chi connectivity index (χ4v) is 2.41. The normalized spacial score (nSPS) is 19.6. The first-order chi connectivity index (χ1) is 8.33. The van der Waals surface area contributed by atoms with Crippen LogP contribution in [-0.4, -0.2) is 39.3 Å². The molecule has 2 aliphatic carbocycles. The lowest BCUT2D eigenvalue weighted by Gasteiger charge is -2.15. The van der Waals surface area contributed by atoms with E-state index >= 15 is 0 Å². The van der Waals surface area contributed by atoms with Crippen molar-refractivity contribution >= 4 is 5.91 Å². The molecule has 0 atom stereocenters. The van der Waals surface area contributed by atoms with Gasteiger partial charge in [0.15, 0.2) is 0 Å². The molecular weight excluding hydrogens is 216 g/mol. The smallest absolute Gasteiger partial charge is 0.223 e. The van der Waals surface area contributed by atoms with E-state index in [1.807, 2.05) is 0 Å². The fourth-order valence-electron chi connectivity index (χ4n) is 2.41. The van der Waals surface area contributed by atoms with Crippen molar-refractivity contribution in [2.45, 2.75) is 25.7 Å². The Bertz CT molecular complexity index is 238. The Labute approximate surface area is 103 Å². The number of hydrogen-bond donors (Lipinski definition) is 2. The average Bonchev–Trinajstić information content (AvgIpc) is 3.16.